The van der Waals surface area contributed by atoms with Crippen molar-refractivity contribution in [2.24, 2.45) is 0 Å². The Hall–Kier alpha value is -2.45. The van der Waals surface area contributed by atoms with Gasteiger partial charge in [0.25, 0.3) is 0 Å². The molecule has 0 unspecified atom stereocenters. The first-order valence-electron chi connectivity index (χ1n) is 6.86. The van der Waals surface area contributed by atoms with Gasteiger partial charge in [0.1, 0.15) is 18.1 Å². The summed E-state index contributed by atoms with van der Waals surface area (Å²) in [7, 11) is -3.30. The molecule has 0 saturated heterocycles. The highest BCUT2D eigenvalue weighted by atomic mass is 35.5. The maximum absolute atomic E-state index is 11.5. The van der Waals surface area contributed by atoms with E-state index >= 15 is 0 Å². The van der Waals surface area contributed by atoms with Crippen LogP contribution in [0.15, 0.2) is 47.9 Å². The average Bonchev–Trinajstić information content (AvgIpc) is 2.99. The Labute approximate surface area is 143 Å². The van der Waals surface area contributed by atoms with Gasteiger partial charge >= 0.3 is 0 Å². The Bertz CT molecular complexity index is 955. The molecule has 3 heterocycles. The van der Waals surface area contributed by atoms with Crippen molar-refractivity contribution in [1.29, 1.82) is 0 Å². The van der Waals surface area contributed by atoms with Crippen LogP contribution in [0.3, 0.4) is 0 Å². The molecule has 0 aliphatic carbocycles. The van der Waals surface area contributed by atoms with Crippen molar-refractivity contribution in [3.8, 4) is 17.1 Å². The van der Waals surface area contributed by atoms with E-state index in [2.05, 4.69) is 20.2 Å². The molecule has 0 saturated carbocycles. The monoisotopic (exact) mass is 364 g/mol. The fourth-order valence-electron chi connectivity index (χ4n) is 1.97. The lowest BCUT2D eigenvalue weighted by Gasteiger charge is -2.07. The zero-order chi connectivity index (χ0) is 17.2. The molecular weight excluding hydrogens is 352 g/mol. The standard InChI is InChI=1S/C15H13ClN4O3S/c1-24(21,22)12-4-10(5-17-7-12)9-23-11-2-3-14(18-6-11)15-13(16)8-19-20-15/h2-8H,9H2,1H3,(H,19,20). The fourth-order valence-corrected chi connectivity index (χ4v) is 2.78. The number of sulfone groups is 1. The van der Waals surface area contributed by atoms with Gasteiger partial charge in [-0.3, -0.25) is 15.1 Å². The van der Waals surface area contributed by atoms with Gasteiger partial charge in [-0.2, -0.15) is 5.10 Å². The van der Waals surface area contributed by atoms with Crippen molar-refractivity contribution in [2.75, 3.05) is 6.26 Å². The van der Waals surface area contributed by atoms with E-state index in [1.807, 2.05) is 0 Å². The highest BCUT2D eigenvalue weighted by Crippen LogP contribution is 2.24. The minimum Gasteiger partial charge on any atom is -0.487 e. The summed E-state index contributed by atoms with van der Waals surface area (Å²) < 4.78 is 28.7. The fraction of sp³-hybridized carbons (Fsp3) is 0.133. The SMILES string of the molecule is CS(=O)(=O)c1cncc(COc2ccc(-c3n[nH]cc3Cl)nc2)c1. The summed E-state index contributed by atoms with van der Waals surface area (Å²) in [6.07, 6.45) is 7.12. The van der Waals surface area contributed by atoms with Crippen molar-refractivity contribution < 1.29 is 13.2 Å². The Morgan fingerprint density at radius 3 is 2.71 bits per heavy atom. The Balaban J connectivity index is 1.70. The largest absolute Gasteiger partial charge is 0.487 e. The Kier molecular flexibility index (Phi) is 4.50. The summed E-state index contributed by atoms with van der Waals surface area (Å²) >= 11 is 5.99. The number of pyridine rings is 2. The molecule has 3 aromatic rings. The lowest BCUT2D eigenvalue weighted by molar-refractivity contribution is 0.304. The molecule has 0 radical (unpaired) electrons. The lowest BCUT2D eigenvalue weighted by atomic mass is 10.2. The number of aromatic amines is 1. The van der Waals surface area contributed by atoms with Gasteiger partial charge in [0.05, 0.1) is 21.8 Å². The molecule has 3 aromatic heterocycles. The van der Waals surface area contributed by atoms with E-state index in [1.165, 1.54) is 12.3 Å². The first-order chi connectivity index (χ1) is 11.4. The van der Waals surface area contributed by atoms with Crippen LogP contribution in [-0.4, -0.2) is 34.8 Å². The molecule has 0 aliphatic heterocycles. The van der Waals surface area contributed by atoms with Crippen LogP contribution >= 0.6 is 11.6 Å². The first-order valence-corrected chi connectivity index (χ1v) is 9.13. The van der Waals surface area contributed by atoms with Crippen LogP contribution in [0, 0.1) is 0 Å². The molecule has 0 spiro atoms. The second kappa shape index (κ2) is 6.58. The molecule has 24 heavy (non-hydrogen) atoms. The molecule has 1 N–H and O–H groups in total. The normalized spacial score (nSPS) is 11.4. The minimum atomic E-state index is -3.30. The number of hydrogen-bond acceptors (Lipinski definition) is 6. The number of rotatable bonds is 5. The van der Waals surface area contributed by atoms with Crippen molar-refractivity contribution in [2.45, 2.75) is 11.5 Å². The van der Waals surface area contributed by atoms with E-state index in [4.69, 9.17) is 16.3 Å². The summed E-state index contributed by atoms with van der Waals surface area (Å²) in [4.78, 5) is 8.33. The topological polar surface area (TPSA) is 97.8 Å². The van der Waals surface area contributed by atoms with Crippen molar-refractivity contribution in [3.05, 3.63) is 53.6 Å². The second-order valence-electron chi connectivity index (χ2n) is 5.05. The molecule has 9 heteroatoms. The third kappa shape index (κ3) is 3.72. The van der Waals surface area contributed by atoms with Crippen LogP contribution < -0.4 is 4.74 Å². The van der Waals surface area contributed by atoms with Crippen LogP contribution in [-0.2, 0) is 16.4 Å². The predicted octanol–water partition coefficient (Wildman–Crippen LogP) is 2.50. The number of halogens is 1. The van der Waals surface area contributed by atoms with E-state index in [9.17, 15) is 8.42 Å². The average molecular weight is 365 g/mol. The molecule has 0 amide bonds. The van der Waals surface area contributed by atoms with Gasteiger partial charge in [-0.1, -0.05) is 11.6 Å². The number of hydrogen-bond donors (Lipinski definition) is 1. The predicted molar refractivity (Wildman–Crippen MR) is 88.5 cm³/mol. The van der Waals surface area contributed by atoms with Gasteiger partial charge in [0.15, 0.2) is 9.84 Å². The van der Waals surface area contributed by atoms with Crippen molar-refractivity contribution >= 4 is 21.4 Å². The molecule has 0 fully saturated rings. The zero-order valence-corrected chi connectivity index (χ0v) is 14.2. The number of aromatic nitrogens is 4. The van der Waals surface area contributed by atoms with Gasteiger partial charge < -0.3 is 4.74 Å². The van der Waals surface area contributed by atoms with Crippen molar-refractivity contribution in [1.82, 2.24) is 20.2 Å². The van der Waals surface area contributed by atoms with Gasteiger partial charge in [-0.25, -0.2) is 8.42 Å². The van der Waals surface area contributed by atoms with Crippen molar-refractivity contribution in [3.63, 3.8) is 0 Å². The quantitative estimate of drug-likeness (QED) is 0.747. The molecular formula is C15H13ClN4O3S. The minimum absolute atomic E-state index is 0.158. The first kappa shape index (κ1) is 16.4. The van der Waals surface area contributed by atoms with Gasteiger partial charge in [0, 0.05) is 30.4 Å². The van der Waals surface area contributed by atoms with Gasteiger partial charge in [-0.05, 0) is 18.2 Å². The summed E-state index contributed by atoms with van der Waals surface area (Å²) in [5.41, 5.74) is 1.83. The lowest BCUT2D eigenvalue weighted by Crippen LogP contribution is -2.02. The van der Waals surface area contributed by atoms with E-state index < -0.39 is 9.84 Å². The Morgan fingerprint density at radius 1 is 1.25 bits per heavy atom. The molecule has 3 rings (SSSR count). The summed E-state index contributed by atoms with van der Waals surface area (Å²) in [5, 5.41) is 7.17. The highest BCUT2D eigenvalue weighted by molar-refractivity contribution is 7.90. The molecule has 7 nitrogen and oxygen atoms in total. The van der Waals surface area contributed by atoms with Crippen LogP contribution in [0.1, 0.15) is 5.56 Å². The van der Waals surface area contributed by atoms with E-state index in [1.54, 1.807) is 30.7 Å². The third-order valence-corrected chi connectivity index (χ3v) is 4.54. The molecule has 0 aromatic carbocycles. The zero-order valence-electron chi connectivity index (χ0n) is 12.6. The summed E-state index contributed by atoms with van der Waals surface area (Å²) in [5.74, 6) is 0.537. The number of nitrogens with zero attached hydrogens (tertiary/aromatic N) is 3. The van der Waals surface area contributed by atoms with Crippen LogP contribution in [0.2, 0.25) is 5.02 Å². The smallest absolute Gasteiger partial charge is 0.177 e. The van der Waals surface area contributed by atoms with Crippen LogP contribution in [0.4, 0.5) is 0 Å². The van der Waals surface area contributed by atoms with Gasteiger partial charge in [-0.15, -0.1) is 0 Å². The molecule has 0 atom stereocenters. The second-order valence-corrected chi connectivity index (χ2v) is 7.47. The summed E-state index contributed by atoms with van der Waals surface area (Å²) in [6.45, 7) is 0.181. The van der Waals surface area contributed by atoms with Crippen LogP contribution in [0.25, 0.3) is 11.4 Å². The molecule has 0 aliphatic rings. The van der Waals surface area contributed by atoms with E-state index in [0.29, 0.717) is 27.7 Å². The maximum Gasteiger partial charge on any atom is 0.177 e. The van der Waals surface area contributed by atoms with Gasteiger partial charge in [0.2, 0.25) is 0 Å². The van der Waals surface area contributed by atoms with Crippen LogP contribution in [0.5, 0.6) is 5.75 Å². The third-order valence-electron chi connectivity index (χ3n) is 3.18. The maximum atomic E-state index is 11.5. The molecule has 0 bridgehead atoms. The summed E-state index contributed by atoms with van der Waals surface area (Å²) in [6, 6.07) is 5.01. The Morgan fingerprint density at radius 2 is 2.08 bits per heavy atom. The number of H-pyrrole nitrogens is 1. The highest BCUT2D eigenvalue weighted by Gasteiger charge is 2.10. The van der Waals surface area contributed by atoms with E-state index in [-0.39, 0.29) is 11.5 Å². The number of ether oxygens (including phenoxy) is 1. The number of nitrogens with one attached hydrogen (secondary N) is 1. The van der Waals surface area contributed by atoms with E-state index in [0.717, 1.165) is 6.26 Å². The molecule has 124 valence electrons.